The summed E-state index contributed by atoms with van der Waals surface area (Å²) in [6.45, 7) is -1.05. The number of carbonyl (C=O) groups excluding carboxylic acids is 1. The van der Waals surface area contributed by atoms with Crippen molar-refractivity contribution in [2.24, 2.45) is 0 Å². The highest BCUT2D eigenvalue weighted by atomic mass is 35.5. The number of halogens is 4. The van der Waals surface area contributed by atoms with Crippen molar-refractivity contribution in [2.75, 3.05) is 31.2 Å². The van der Waals surface area contributed by atoms with E-state index in [-0.39, 0.29) is 18.0 Å². The molecule has 0 bridgehead atoms. The molecule has 0 heterocycles. The summed E-state index contributed by atoms with van der Waals surface area (Å²) in [6.07, 6.45) is -4.33. The molecule has 0 saturated carbocycles. The normalized spacial score (nSPS) is 11.7. The molecule has 1 aromatic rings. The Morgan fingerprint density at radius 3 is 2.65 bits per heavy atom. The molecule has 0 radical (unpaired) electrons. The maximum atomic E-state index is 12.1. The molecule has 0 fully saturated rings. The van der Waals surface area contributed by atoms with Gasteiger partial charge in [-0.1, -0.05) is 11.6 Å². The van der Waals surface area contributed by atoms with Gasteiger partial charge in [0.15, 0.2) is 0 Å². The molecule has 8 heteroatoms. The van der Waals surface area contributed by atoms with Gasteiger partial charge in [-0.05, 0) is 25.2 Å². The Hall–Kier alpha value is -1.47. The van der Waals surface area contributed by atoms with Gasteiger partial charge in [0.05, 0.1) is 17.3 Å². The predicted octanol–water partition coefficient (Wildman–Crippen LogP) is 2.74. The van der Waals surface area contributed by atoms with Crippen LogP contribution in [0.3, 0.4) is 0 Å². The molecular formula is C12H15ClF3N3O. The van der Waals surface area contributed by atoms with E-state index in [2.05, 4.69) is 5.32 Å². The van der Waals surface area contributed by atoms with E-state index in [0.717, 1.165) is 4.90 Å². The number of alkyl halides is 3. The second kappa shape index (κ2) is 6.81. The first-order valence-corrected chi connectivity index (χ1v) is 6.15. The number of carbonyl (C=O) groups is 1. The molecule has 0 aliphatic carbocycles. The lowest BCUT2D eigenvalue weighted by Gasteiger charge is -2.18. The minimum atomic E-state index is -4.27. The first-order chi connectivity index (χ1) is 9.17. The van der Waals surface area contributed by atoms with Crippen LogP contribution in [0.1, 0.15) is 6.42 Å². The van der Waals surface area contributed by atoms with Crippen molar-refractivity contribution in [2.45, 2.75) is 12.6 Å². The largest absolute Gasteiger partial charge is 0.401 e. The van der Waals surface area contributed by atoms with Crippen LogP contribution in [0.15, 0.2) is 18.2 Å². The van der Waals surface area contributed by atoms with Gasteiger partial charge >= 0.3 is 6.18 Å². The summed E-state index contributed by atoms with van der Waals surface area (Å²) in [5.74, 6) is -0.411. The van der Waals surface area contributed by atoms with Gasteiger partial charge in [-0.15, -0.1) is 0 Å². The topological polar surface area (TPSA) is 58.4 Å². The zero-order valence-electron chi connectivity index (χ0n) is 10.8. The number of nitrogens with one attached hydrogen (secondary N) is 1. The van der Waals surface area contributed by atoms with Crippen LogP contribution in [0.5, 0.6) is 0 Å². The monoisotopic (exact) mass is 309 g/mol. The first kappa shape index (κ1) is 16.6. The number of anilines is 2. The molecule has 0 unspecified atom stereocenters. The fourth-order valence-corrected chi connectivity index (χ4v) is 1.76. The summed E-state index contributed by atoms with van der Waals surface area (Å²) in [4.78, 5) is 12.6. The smallest absolute Gasteiger partial charge is 0.399 e. The zero-order chi connectivity index (χ0) is 15.3. The van der Waals surface area contributed by atoms with Crippen molar-refractivity contribution < 1.29 is 18.0 Å². The van der Waals surface area contributed by atoms with Gasteiger partial charge in [-0.2, -0.15) is 13.2 Å². The highest BCUT2D eigenvalue weighted by Gasteiger charge is 2.29. The highest BCUT2D eigenvalue weighted by molar-refractivity contribution is 6.34. The van der Waals surface area contributed by atoms with Crippen molar-refractivity contribution in [3.63, 3.8) is 0 Å². The first-order valence-electron chi connectivity index (χ1n) is 5.77. The Labute approximate surface area is 119 Å². The van der Waals surface area contributed by atoms with Gasteiger partial charge in [-0.3, -0.25) is 9.69 Å². The number of hydrogen-bond donors (Lipinski definition) is 2. The van der Waals surface area contributed by atoms with E-state index < -0.39 is 18.6 Å². The second-order valence-corrected chi connectivity index (χ2v) is 4.80. The van der Waals surface area contributed by atoms with Crippen LogP contribution in [-0.2, 0) is 4.79 Å². The van der Waals surface area contributed by atoms with Crippen LogP contribution >= 0.6 is 11.6 Å². The molecule has 1 aromatic carbocycles. The molecule has 0 aromatic heterocycles. The van der Waals surface area contributed by atoms with Crippen molar-refractivity contribution >= 4 is 28.9 Å². The lowest BCUT2D eigenvalue weighted by atomic mass is 10.2. The SMILES string of the molecule is CN(CCC(=O)Nc1ccc(N)cc1Cl)CC(F)(F)F. The Kier molecular flexibility index (Phi) is 5.64. The minimum absolute atomic E-state index is 0.00205. The maximum Gasteiger partial charge on any atom is 0.401 e. The summed E-state index contributed by atoms with van der Waals surface area (Å²) in [5, 5.41) is 2.80. The molecule has 0 aliphatic rings. The van der Waals surface area contributed by atoms with Crippen LogP contribution in [-0.4, -0.2) is 37.1 Å². The summed E-state index contributed by atoms with van der Waals surface area (Å²) < 4.78 is 36.3. The second-order valence-electron chi connectivity index (χ2n) is 4.39. The Balaban J connectivity index is 2.44. The number of nitrogens with zero attached hydrogens (tertiary/aromatic N) is 1. The van der Waals surface area contributed by atoms with Gasteiger partial charge in [-0.25, -0.2) is 0 Å². The van der Waals surface area contributed by atoms with Gasteiger partial charge in [0.2, 0.25) is 5.91 Å². The molecule has 1 rings (SSSR count). The van der Waals surface area contributed by atoms with Crippen molar-refractivity contribution in [1.82, 2.24) is 4.90 Å². The van der Waals surface area contributed by atoms with E-state index in [9.17, 15) is 18.0 Å². The summed E-state index contributed by atoms with van der Waals surface area (Å²) >= 11 is 5.87. The molecule has 0 atom stereocenters. The van der Waals surface area contributed by atoms with Crippen LogP contribution in [0.2, 0.25) is 5.02 Å². The predicted molar refractivity (Wildman–Crippen MR) is 72.7 cm³/mol. The van der Waals surface area contributed by atoms with Crippen LogP contribution < -0.4 is 11.1 Å². The zero-order valence-corrected chi connectivity index (χ0v) is 11.6. The summed E-state index contributed by atoms with van der Waals surface area (Å²) in [6, 6.07) is 4.58. The van der Waals surface area contributed by atoms with Crippen molar-refractivity contribution in [3.05, 3.63) is 23.2 Å². The van der Waals surface area contributed by atoms with E-state index in [1.54, 1.807) is 6.07 Å². The van der Waals surface area contributed by atoms with E-state index in [1.165, 1.54) is 19.2 Å². The molecule has 1 amide bonds. The number of nitrogen functional groups attached to an aromatic ring is 1. The minimum Gasteiger partial charge on any atom is -0.399 e. The molecule has 0 saturated heterocycles. The van der Waals surface area contributed by atoms with E-state index >= 15 is 0 Å². The Morgan fingerprint density at radius 1 is 1.45 bits per heavy atom. The molecule has 0 spiro atoms. The third-order valence-corrected chi connectivity index (χ3v) is 2.75. The van der Waals surface area contributed by atoms with Gasteiger partial charge < -0.3 is 11.1 Å². The lowest BCUT2D eigenvalue weighted by Crippen LogP contribution is -2.33. The van der Waals surface area contributed by atoms with Crippen LogP contribution in [0.25, 0.3) is 0 Å². The fraction of sp³-hybridized carbons (Fsp3) is 0.417. The average Bonchev–Trinajstić information content (AvgIpc) is 2.28. The van der Waals surface area contributed by atoms with E-state index in [4.69, 9.17) is 17.3 Å². The number of benzene rings is 1. The van der Waals surface area contributed by atoms with Gasteiger partial charge in [0.1, 0.15) is 0 Å². The quantitative estimate of drug-likeness (QED) is 0.822. The molecule has 20 heavy (non-hydrogen) atoms. The average molecular weight is 310 g/mol. The summed E-state index contributed by atoms with van der Waals surface area (Å²) in [7, 11) is 1.30. The molecule has 3 N–H and O–H groups in total. The number of hydrogen-bond acceptors (Lipinski definition) is 3. The number of amides is 1. The highest BCUT2D eigenvalue weighted by Crippen LogP contribution is 2.24. The molecule has 0 aliphatic heterocycles. The Bertz CT molecular complexity index is 480. The third kappa shape index (κ3) is 6.12. The summed E-state index contributed by atoms with van der Waals surface area (Å²) in [5.41, 5.74) is 6.34. The van der Waals surface area contributed by atoms with E-state index in [0.29, 0.717) is 11.4 Å². The van der Waals surface area contributed by atoms with E-state index in [1.807, 2.05) is 0 Å². The maximum absolute atomic E-state index is 12.1. The van der Waals surface area contributed by atoms with Gasteiger partial charge in [0.25, 0.3) is 0 Å². The lowest BCUT2D eigenvalue weighted by molar-refractivity contribution is -0.144. The van der Waals surface area contributed by atoms with Crippen molar-refractivity contribution in [3.8, 4) is 0 Å². The van der Waals surface area contributed by atoms with Crippen LogP contribution in [0, 0.1) is 0 Å². The van der Waals surface area contributed by atoms with Crippen molar-refractivity contribution in [1.29, 1.82) is 0 Å². The standard InChI is InChI=1S/C12H15ClF3N3O/c1-19(7-12(14,15)16)5-4-11(20)18-10-3-2-8(17)6-9(10)13/h2-3,6H,4-5,7,17H2,1H3,(H,18,20). The molecule has 4 nitrogen and oxygen atoms in total. The van der Waals surface area contributed by atoms with Crippen LogP contribution in [0.4, 0.5) is 24.5 Å². The third-order valence-electron chi connectivity index (χ3n) is 2.44. The Morgan fingerprint density at radius 2 is 2.10 bits per heavy atom. The number of nitrogens with two attached hydrogens (primary N) is 1. The molecular weight excluding hydrogens is 295 g/mol. The molecule has 112 valence electrons. The number of rotatable bonds is 5. The van der Waals surface area contributed by atoms with Gasteiger partial charge in [0, 0.05) is 18.7 Å². The fourth-order valence-electron chi connectivity index (χ4n) is 1.52.